The molecule has 0 saturated carbocycles. The van der Waals surface area contributed by atoms with Gasteiger partial charge in [-0.05, 0) is 59.0 Å². The van der Waals surface area contributed by atoms with Crippen molar-refractivity contribution in [3.63, 3.8) is 0 Å². The molecule has 0 spiro atoms. The molecule has 8 rings (SSSR count). The number of pyridine rings is 1. The molecule has 0 radical (unpaired) electrons. The summed E-state index contributed by atoms with van der Waals surface area (Å²) in [5.41, 5.74) is 6.02. The van der Waals surface area contributed by atoms with E-state index in [1.807, 2.05) is 59.0 Å². The summed E-state index contributed by atoms with van der Waals surface area (Å²) in [7, 11) is 0. The monoisotopic (exact) mass is 435 g/mol. The van der Waals surface area contributed by atoms with Gasteiger partial charge in [0.05, 0.1) is 11.0 Å². The molecule has 0 aliphatic rings. The van der Waals surface area contributed by atoms with Gasteiger partial charge in [0, 0.05) is 32.3 Å². The number of furan rings is 1. The Morgan fingerprint density at radius 1 is 0.500 bits per heavy atom. The van der Waals surface area contributed by atoms with Crippen molar-refractivity contribution < 1.29 is 4.42 Å². The van der Waals surface area contributed by atoms with Crippen molar-refractivity contribution in [2.45, 2.75) is 0 Å². The normalized spacial score (nSPS) is 12.2. The van der Waals surface area contributed by atoms with Crippen LogP contribution in [0.1, 0.15) is 0 Å². The van der Waals surface area contributed by atoms with E-state index >= 15 is 0 Å². The first-order valence-electron chi connectivity index (χ1n) is 11.4. The van der Waals surface area contributed by atoms with Crippen LogP contribution in [0.15, 0.2) is 112 Å². The summed E-state index contributed by atoms with van der Waals surface area (Å²) >= 11 is 0. The molecule has 0 aliphatic heterocycles. The first-order chi connectivity index (χ1) is 16.8. The van der Waals surface area contributed by atoms with Crippen molar-refractivity contribution in [1.82, 2.24) is 4.40 Å². The Balaban J connectivity index is 1.55. The third kappa shape index (κ3) is 2.18. The minimum Gasteiger partial charge on any atom is -0.456 e. The molecule has 3 heteroatoms. The molecule has 0 N–H and O–H groups in total. The minimum absolute atomic E-state index is 0.0355. The molecule has 8 aromatic rings. The molecule has 0 saturated heterocycles. The molecule has 5 aromatic carbocycles. The van der Waals surface area contributed by atoms with Crippen LogP contribution in [0.2, 0.25) is 0 Å². The molecular formula is C31H17NO2. The van der Waals surface area contributed by atoms with Gasteiger partial charge in [-0.25, -0.2) is 0 Å². The first-order valence-corrected chi connectivity index (χ1v) is 11.4. The molecular weight excluding hydrogens is 418 g/mol. The van der Waals surface area contributed by atoms with E-state index in [9.17, 15) is 4.79 Å². The molecule has 158 valence electrons. The van der Waals surface area contributed by atoms with E-state index in [0.29, 0.717) is 0 Å². The predicted octanol–water partition coefficient (Wildman–Crippen LogP) is 7.76. The van der Waals surface area contributed by atoms with Gasteiger partial charge in [-0.15, -0.1) is 0 Å². The second-order valence-corrected chi connectivity index (χ2v) is 8.93. The number of hydrogen-bond donors (Lipinski definition) is 0. The zero-order chi connectivity index (χ0) is 22.4. The standard InChI is InChI=1S/C31H17NO2/c33-31-23-10-2-1-7-20(23)25-16-19(17-26-21-8-3-5-11-27(21)32(31)30(25)26)18-13-14-29-24(15-18)22-9-4-6-12-28(22)34-29/h1-17H. The van der Waals surface area contributed by atoms with E-state index in [2.05, 4.69) is 48.5 Å². The van der Waals surface area contributed by atoms with Gasteiger partial charge in [-0.2, -0.15) is 0 Å². The average Bonchev–Trinajstić information content (AvgIpc) is 3.43. The van der Waals surface area contributed by atoms with Gasteiger partial charge in [0.25, 0.3) is 5.56 Å². The first kappa shape index (κ1) is 17.9. The maximum absolute atomic E-state index is 13.5. The lowest BCUT2D eigenvalue weighted by Crippen LogP contribution is -2.12. The van der Waals surface area contributed by atoms with Gasteiger partial charge in [0.1, 0.15) is 11.2 Å². The highest BCUT2D eigenvalue weighted by molar-refractivity contribution is 6.21. The Morgan fingerprint density at radius 3 is 1.97 bits per heavy atom. The van der Waals surface area contributed by atoms with E-state index in [4.69, 9.17) is 4.42 Å². The summed E-state index contributed by atoms with van der Waals surface area (Å²) in [5, 5.41) is 7.25. The average molecular weight is 435 g/mol. The number of rotatable bonds is 1. The molecule has 3 nitrogen and oxygen atoms in total. The van der Waals surface area contributed by atoms with Gasteiger partial charge in [-0.3, -0.25) is 9.20 Å². The molecule has 0 aliphatic carbocycles. The Bertz CT molecular complexity index is 2150. The van der Waals surface area contributed by atoms with Crippen LogP contribution in [-0.2, 0) is 0 Å². The van der Waals surface area contributed by atoms with E-state index < -0.39 is 0 Å². The smallest absolute Gasteiger partial charge is 0.263 e. The SMILES string of the molecule is O=c1c2ccccc2c2cc(-c3ccc4oc5ccccc5c4c3)cc3c4ccccc4n1c23. The summed E-state index contributed by atoms with van der Waals surface area (Å²) in [4.78, 5) is 13.5. The zero-order valence-corrected chi connectivity index (χ0v) is 18.1. The van der Waals surface area contributed by atoms with Crippen LogP contribution in [0.3, 0.4) is 0 Å². The fourth-order valence-corrected chi connectivity index (χ4v) is 5.61. The minimum atomic E-state index is 0.0355. The molecule has 0 unspecified atom stereocenters. The number of fused-ring (bicyclic) bond motifs is 8. The van der Waals surface area contributed by atoms with Crippen LogP contribution < -0.4 is 5.56 Å². The highest BCUT2D eigenvalue weighted by Crippen LogP contribution is 2.39. The third-order valence-electron chi connectivity index (χ3n) is 7.13. The van der Waals surface area contributed by atoms with Gasteiger partial charge in [0.15, 0.2) is 0 Å². The number of aromatic nitrogens is 1. The zero-order valence-electron chi connectivity index (χ0n) is 18.1. The van der Waals surface area contributed by atoms with E-state index in [1.165, 1.54) is 0 Å². The van der Waals surface area contributed by atoms with Crippen molar-refractivity contribution in [3.05, 3.63) is 113 Å². The lowest BCUT2D eigenvalue weighted by atomic mass is 9.96. The van der Waals surface area contributed by atoms with E-state index in [0.717, 1.165) is 71.0 Å². The number of hydrogen-bond acceptors (Lipinski definition) is 2. The van der Waals surface area contributed by atoms with Crippen LogP contribution in [-0.4, -0.2) is 4.40 Å². The van der Waals surface area contributed by atoms with Crippen LogP contribution in [0, 0.1) is 0 Å². The summed E-state index contributed by atoms with van der Waals surface area (Å²) in [6, 6.07) is 35.1. The molecule has 0 amide bonds. The molecule has 3 aromatic heterocycles. The second kappa shape index (κ2) is 6.24. The Kier molecular flexibility index (Phi) is 3.28. The van der Waals surface area contributed by atoms with Crippen molar-refractivity contribution in [3.8, 4) is 11.1 Å². The summed E-state index contributed by atoms with van der Waals surface area (Å²) < 4.78 is 7.93. The quantitative estimate of drug-likeness (QED) is 0.247. The predicted molar refractivity (Wildman–Crippen MR) is 140 cm³/mol. The van der Waals surface area contributed by atoms with Gasteiger partial charge in [0.2, 0.25) is 0 Å². The van der Waals surface area contributed by atoms with E-state index in [-0.39, 0.29) is 5.56 Å². The highest BCUT2D eigenvalue weighted by atomic mass is 16.3. The van der Waals surface area contributed by atoms with Crippen LogP contribution >= 0.6 is 0 Å². The summed E-state index contributed by atoms with van der Waals surface area (Å²) in [6.07, 6.45) is 0. The van der Waals surface area contributed by atoms with Crippen molar-refractivity contribution in [1.29, 1.82) is 0 Å². The maximum atomic E-state index is 13.5. The van der Waals surface area contributed by atoms with Gasteiger partial charge in [-0.1, -0.05) is 60.7 Å². The van der Waals surface area contributed by atoms with Crippen LogP contribution in [0.5, 0.6) is 0 Å². The molecule has 3 heterocycles. The lowest BCUT2D eigenvalue weighted by molar-refractivity contribution is 0.669. The summed E-state index contributed by atoms with van der Waals surface area (Å²) in [5.74, 6) is 0. The molecule has 0 atom stereocenters. The van der Waals surface area contributed by atoms with Gasteiger partial charge >= 0.3 is 0 Å². The fraction of sp³-hybridized carbons (Fsp3) is 0. The lowest BCUT2D eigenvalue weighted by Gasteiger charge is -2.09. The maximum Gasteiger partial charge on any atom is 0.263 e. The highest BCUT2D eigenvalue weighted by Gasteiger charge is 2.18. The summed E-state index contributed by atoms with van der Waals surface area (Å²) in [6.45, 7) is 0. The van der Waals surface area contributed by atoms with Gasteiger partial charge < -0.3 is 4.42 Å². The number of nitrogens with zero attached hydrogens (tertiary/aromatic N) is 1. The van der Waals surface area contributed by atoms with Crippen LogP contribution in [0.25, 0.3) is 71.0 Å². The van der Waals surface area contributed by atoms with Crippen LogP contribution in [0.4, 0.5) is 0 Å². The number of benzene rings is 5. The van der Waals surface area contributed by atoms with Crippen molar-refractivity contribution in [2.75, 3.05) is 0 Å². The van der Waals surface area contributed by atoms with E-state index in [1.54, 1.807) is 0 Å². The molecule has 0 bridgehead atoms. The third-order valence-corrected chi connectivity index (χ3v) is 7.13. The molecule has 34 heavy (non-hydrogen) atoms. The Labute approximate surface area is 193 Å². The largest absolute Gasteiger partial charge is 0.456 e. The topological polar surface area (TPSA) is 34.6 Å². The van der Waals surface area contributed by atoms with Crippen molar-refractivity contribution >= 4 is 59.9 Å². The Hall–Kier alpha value is -4.63. The van der Waals surface area contributed by atoms with Crippen molar-refractivity contribution in [2.24, 2.45) is 0 Å². The molecule has 0 fully saturated rings. The Morgan fingerprint density at radius 2 is 1.12 bits per heavy atom. The number of para-hydroxylation sites is 2. The second-order valence-electron chi connectivity index (χ2n) is 8.93. The fourth-order valence-electron chi connectivity index (χ4n) is 5.61.